The molecule has 1 aromatic carbocycles. The van der Waals surface area contributed by atoms with Crippen LogP contribution in [0.5, 0.6) is 0 Å². The Bertz CT molecular complexity index is 568. The molecule has 0 bridgehead atoms. The molecule has 0 saturated heterocycles. The first-order valence-corrected chi connectivity index (χ1v) is 4.94. The number of hydrogen-bond donors (Lipinski definition) is 1. The lowest BCUT2D eigenvalue weighted by Crippen LogP contribution is -1.94. The summed E-state index contributed by atoms with van der Waals surface area (Å²) < 4.78 is 0. The molecule has 3 nitrogen and oxygen atoms in total. The third kappa shape index (κ3) is 1.86. The molecule has 0 aliphatic rings. The molecule has 1 aromatic heterocycles. The first kappa shape index (κ1) is 10.2. The number of aryl methyl sites for hydroxylation is 1. The van der Waals surface area contributed by atoms with Gasteiger partial charge in [-0.05, 0) is 31.2 Å². The second kappa shape index (κ2) is 4.03. The molecular weight excluding hydrogens is 198 g/mol. The first-order chi connectivity index (χ1) is 7.70. The summed E-state index contributed by atoms with van der Waals surface area (Å²) in [5.74, 6) is 0. The van der Waals surface area contributed by atoms with Crippen molar-refractivity contribution < 1.29 is 0 Å². The van der Waals surface area contributed by atoms with Crippen molar-refractivity contribution in [2.45, 2.75) is 6.92 Å². The normalized spacial score (nSPS) is 9.75. The van der Waals surface area contributed by atoms with Gasteiger partial charge in [-0.1, -0.05) is 12.1 Å². The van der Waals surface area contributed by atoms with Gasteiger partial charge >= 0.3 is 0 Å². The zero-order valence-electron chi connectivity index (χ0n) is 8.94. The van der Waals surface area contributed by atoms with E-state index in [0.717, 1.165) is 17.0 Å². The molecule has 0 unspecified atom stereocenters. The van der Waals surface area contributed by atoms with Crippen LogP contribution >= 0.6 is 0 Å². The SMILES string of the molecule is Cc1nc(-c2cccc(C#N)c2)ccc1N. The standard InChI is InChI=1S/C13H11N3/c1-9-12(15)5-6-13(16-9)11-4-2-3-10(7-11)8-14/h2-7H,15H2,1H3. The summed E-state index contributed by atoms with van der Waals surface area (Å²) in [5.41, 5.74) is 9.60. The fraction of sp³-hybridized carbons (Fsp3) is 0.0769. The van der Waals surface area contributed by atoms with Crippen LogP contribution in [0, 0.1) is 18.3 Å². The second-order valence-electron chi connectivity index (χ2n) is 3.56. The summed E-state index contributed by atoms with van der Waals surface area (Å²) in [6, 6.07) is 13.2. The molecule has 0 atom stereocenters. The summed E-state index contributed by atoms with van der Waals surface area (Å²) >= 11 is 0. The van der Waals surface area contributed by atoms with Gasteiger partial charge in [0.05, 0.1) is 28.7 Å². The van der Waals surface area contributed by atoms with E-state index in [1.807, 2.05) is 37.3 Å². The molecule has 0 amide bonds. The van der Waals surface area contributed by atoms with E-state index in [0.29, 0.717) is 11.3 Å². The minimum absolute atomic E-state index is 0.633. The van der Waals surface area contributed by atoms with E-state index >= 15 is 0 Å². The molecule has 0 fully saturated rings. The van der Waals surface area contributed by atoms with Crippen molar-refractivity contribution in [2.75, 3.05) is 5.73 Å². The molecule has 1 heterocycles. The van der Waals surface area contributed by atoms with Gasteiger partial charge in [0.25, 0.3) is 0 Å². The lowest BCUT2D eigenvalue weighted by atomic mass is 10.1. The summed E-state index contributed by atoms with van der Waals surface area (Å²) in [6.07, 6.45) is 0. The van der Waals surface area contributed by atoms with Gasteiger partial charge in [0.2, 0.25) is 0 Å². The van der Waals surface area contributed by atoms with Gasteiger partial charge in [-0.2, -0.15) is 5.26 Å². The van der Waals surface area contributed by atoms with Crippen molar-refractivity contribution in [1.29, 1.82) is 5.26 Å². The van der Waals surface area contributed by atoms with E-state index in [-0.39, 0.29) is 0 Å². The molecular formula is C13H11N3. The summed E-state index contributed by atoms with van der Waals surface area (Å²) in [5, 5.41) is 8.82. The van der Waals surface area contributed by atoms with E-state index in [1.165, 1.54) is 0 Å². The number of nitriles is 1. The molecule has 0 aliphatic heterocycles. The smallest absolute Gasteiger partial charge is 0.0991 e. The van der Waals surface area contributed by atoms with Crippen LogP contribution in [0.25, 0.3) is 11.3 Å². The molecule has 0 saturated carbocycles. The van der Waals surface area contributed by atoms with Crippen LogP contribution in [0.15, 0.2) is 36.4 Å². The molecule has 2 N–H and O–H groups in total. The predicted molar refractivity (Wildman–Crippen MR) is 63.5 cm³/mol. The van der Waals surface area contributed by atoms with Crippen LogP contribution in [-0.4, -0.2) is 4.98 Å². The maximum atomic E-state index is 8.82. The third-order valence-electron chi connectivity index (χ3n) is 2.41. The number of anilines is 1. The van der Waals surface area contributed by atoms with E-state index < -0.39 is 0 Å². The van der Waals surface area contributed by atoms with E-state index in [4.69, 9.17) is 11.0 Å². The molecule has 16 heavy (non-hydrogen) atoms. The highest BCUT2D eigenvalue weighted by Crippen LogP contribution is 2.20. The first-order valence-electron chi connectivity index (χ1n) is 4.94. The van der Waals surface area contributed by atoms with Gasteiger partial charge in [-0.15, -0.1) is 0 Å². The minimum atomic E-state index is 0.633. The second-order valence-corrected chi connectivity index (χ2v) is 3.56. The Labute approximate surface area is 94.2 Å². The zero-order valence-corrected chi connectivity index (χ0v) is 8.94. The van der Waals surface area contributed by atoms with E-state index in [9.17, 15) is 0 Å². The average molecular weight is 209 g/mol. The van der Waals surface area contributed by atoms with Crippen LogP contribution in [-0.2, 0) is 0 Å². The summed E-state index contributed by atoms with van der Waals surface area (Å²) in [6.45, 7) is 1.87. The van der Waals surface area contributed by atoms with Gasteiger partial charge < -0.3 is 5.73 Å². The maximum absolute atomic E-state index is 8.82. The topological polar surface area (TPSA) is 62.7 Å². The van der Waals surface area contributed by atoms with Gasteiger partial charge in [-0.3, -0.25) is 4.98 Å². The van der Waals surface area contributed by atoms with Crippen molar-refractivity contribution in [1.82, 2.24) is 4.98 Å². The highest BCUT2D eigenvalue weighted by atomic mass is 14.7. The van der Waals surface area contributed by atoms with Gasteiger partial charge in [0, 0.05) is 5.56 Å². The molecule has 0 radical (unpaired) electrons. The Hall–Kier alpha value is -2.34. The maximum Gasteiger partial charge on any atom is 0.0991 e. The molecule has 2 aromatic rings. The number of nitrogens with zero attached hydrogens (tertiary/aromatic N) is 2. The van der Waals surface area contributed by atoms with Crippen LogP contribution in [0.2, 0.25) is 0 Å². The summed E-state index contributed by atoms with van der Waals surface area (Å²) in [4.78, 5) is 4.38. The third-order valence-corrected chi connectivity index (χ3v) is 2.41. The van der Waals surface area contributed by atoms with Gasteiger partial charge in [0.1, 0.15) is 0 Å². The number of nitrogens with two attached hydrogens (primary N) is 1. The largest absolute Gasteiger partial charge is 0.397 e. The van der Waals surface area contributed by atoms with Crippen molar-refractivity contribution >= 4 is 5.69 Å². The van der Waals surface area contributed by atoms with Crippen molar-refractivity contribution in [2.24, 2.45) is 0 Å². The molecule has 3 heteroatoms. The van der Waals surface area contributed by atoms with Gasteiger partial charge in [0.15, 0.2) is 0 Å². The minimum Gasteiger partial charge on any atom is -0.397 e. The lowest BCUT2D eigenvalue weighted by molar-refractivity contribution is 1.21. The Morgan fingerprint density at radius 3 is 2.75 bits per heavy atom. The molecule has 0 spiro atoms. The Kier molecular flexibility index (Phi) is 2.57. The van der Waals surface area contributed by atoms with Crippen molar-refractivity contribution in [3.05, 3.63) is 47.7 Å². The highest BCUT2D eigenvalue weighted by Gasteiger charge is 2.02. The number of pyridine rings is 1. The van der Waals surface area contributed by atoms with Crippen LogP contribution in [0.3, 0.4) is 0 Å². The lowest BCUT2D eigenvalue weighted by Gasteiger charge is -2.04. The zero-order chi connectivity index (χ0) is 11.5. The van der Waals surface area contributed by atoms with Crippen molar-refractivity contribution in [3.63, 3.8) is 0 Å². The fourth-order valence-electron chi connectivity index (χ4n) is 1.48. The fourth-order valence-corrected chi connectivity index (χ4v) is 1.48. The number of hydrogen-bond acceptors (Lipinski definition) is 3. The Morgan fingerprint density at radius 2 is 2.06 bits per heavy atom. The van der Waals surface area contributed by atoms with Crippen LogP contribution < -0.4 is 5.73 Å². The number of rotatable bonds is 1. The quantitative estimate of drug-likeness (QED) is 0.784. The number of aromatic nitrogens is 1. The van der Waals surface area contributed by atoms with Gasteiger partial charge in [-0.25, -0.2) is 0 Å². The molecule has 2 rings (SSSR count). The highest BCUT2D eigenvalue weighted by molar-refractivity contribution is 5.63. The van der Waals surface area contributed by atoms with E-state index in [2.05, 4.69) is 11.1 Å². The molecule has 0 aliphatic carbocycles. The number of nitrogen functional groups attached to an aromatic ring is 1. The monoisotopic (exact) mass is 209 g/mol. The van der Waals surface area contributed by atoms with Crippen LogP contribution in [0.4, 0.5) is 5.69 Å². The molecule has 78 valence electrons. The summed E-state index contributed by atoms with van der Waals surface area (Å²) in [7, 11) is 0. The number of benzene rings is 1. The van der Waals surface area contributed by atoms with Crippen molar-refractivity contribution in [3.8, 4) is 17.3 Å². The average Bonchev–Trinajstić information content (AvgIpc) is 2.33. The van der Waals surface area contributed by atoms with Crippen LogP contribution in [0.1, 0.15) is 11.3 Å². The van der Waals surface area contributed by atoms with E-state index in [1.54, 1.807) is 6.07 Å². The Morgan fingerprint density at radius 1 is 1.25 bits per heavy atom. The predicted octanol–water partition coefficient (Wildman–Crippen LogP) is 2.51. The Balaban J connectivity index is 2.51.